The van der Waals surface area contributed by atoms with Crippen molar-refractivity contribution in [2.45, 2.75) is 31.9 Å². The number of amides is 2. The molecule has 0 bridgehead atoms. The summed E-state index contributed by atoms with van der Waals surface area (Å²) in [5.41, 5.74) is 0. The van der Waals surface area contributed by atoms with Gasteiger partial charge < -0.3 is 24.6 Å². The molecule has 1 aliphatic rings. The normalized spacial score (nSPS) is 17.4. The second-order valence-corrected chi connectivity index (χ2v) is 6.33. The summed E-state index contributed by atoms with van der Waals surface area (Å²) in [4.78, 5) is 14.4. The van der Waals surface area contributed by atoms with Crippen molar-refractivity contribution in [1.82, 2.24) is 15.5 Å². The third-order valence-electron chi connectivity index (χ3n) is 4.45. The Morgan fingerprint density at radius 2 is 1.96 bits per heavy atom. The lowest BCUT2D eigenvalue weighted by molar-refractivity contribution is 0.147. The Morgan fingerprint density at radius 3 is 2.60 bits per heavy atom. The highest BCUT2D eigenvalue weighted by Gasteiger charge is 2.26. The van der Waals surface area contributed by atoms with Crippen LogP contribution < -0.4 is 10.6 Å². The molecule has 2 aromatic heterocycles. The van der Waals surface area contributed by atoms with Gasteiger partial charge in [-0.3, -0.25) is 4.90 Å². The van der Waals surface area contributed by atoms with Crippen molar-refractivity contribution in [3.05, 3.63) is 47.8 Å². The van der Waals surface area contributed by atoms with Gasteiger partial charge in [0.15, 0.2) is 0 Å². The predicted molar refractivity (Wildman–Crippen MR) is 92.1 cm³/mol. The van der Waals surface area contributed by atoms with Gasteiger partial charge in [0.25, 0.3) is 0 Å². The van der Waals surface area contributed by atoms with Gasteiger partial charge in [0, 0.05) is 6.54 Å². The van der Waals surface area contributed by atoms with Gasteiger partial charge in [-0.15, -0.1) is 0 Å². The molecule has 2 unspecified atom stereocenters. The Labute approximate surface area is 147 Å². The minimum absolute atomic E-state index is 0.0250. The number of furan rings is 2. The molecular formula is C18H25N3O4. The summed E-state index contributed by atoms with van der Waals surface area (Å²) in [6, 6.07) is 6.99. The number of nitrogens with one attached hydrogen (secondary N) is 2. The molecule has 0 spiro atoms. The van der Waals surface area contributed by atoms with E-state index in [1.54, 1.807) is 12.1 Å². The maximum Gasteiger partial charge on any atom is 0.314 e. The summed E-state index contributed by atoms with van der Waals surface area (Å²) in [5, 5.41) is 15.5. The van der Waals surface area contributed by atoms with Crippen LogP contribution in [0.3, 0.4) is 0 Å². The van der Waals surface area contributed by atoms with E-state index in [0.717, 1.165) is 37.5 Å². The summed E-state index contributed by atoms with van der Waals surface area (Å²) in [6.45, 7) is 4.47. The van der Waals surface area contributed by atoms with Crippen LogP contribution in [0, 0.1) is 6.92 Å². The number of hydrogen-bond donors (Lipinski definition) is 3. The highest BCUT2D eigenvalue weighted by atomic mass is 16.4. The Morgan fingerprint density at radius 1 is 1.20 bits per heavy atom. The highest BCUT2D eigenvalue weighted by molar-refractivity contribution is 5.73. The van der Waals surface area contributed by atoms with E-state index in [1.165, 1.54) is 6.26 Å². The predicted octanol–water partition coefficient (Wildman–Crippen LogP) is 2.35. The van der Waals surface area contributed by atoms with Crippen molar-refractivity contribution < 1.29 is 18.7 Å². The van der Waals surface area contributed by atoms with Crippen LogP contribution in [0.1, 0.15) is 42.3 Å². The molecule has 25 heavy (non-hydrogen) atoms. The molecule has 136 valence electrons. The van der Waals surface area contributed by atoms with Gasteiger partial charge in [0.1, 0.15) is 23.4 Å². The first-order valence-electron chi connectivity index (χ1n) is 8.67. The zero-order chi connectivity index (χ0) is 17.6. The number of aliphatic hydroxyl groups excluding tert-OH is 1. The van der Waals surface area contributed by atoms with Crippen LogP contribution in [0.4, 0.5) is 4.79 Å². The molecular weight excluding hydrogens is 322 g/mol. The molecule has 1 fully saturated rings. The van der Waals surface area contributed by atoms with Gasteiger partial charge >= 0.3 is 6.03 Å². The van der Waals surface area contributed by atoms with Crippen molar-refractivity contribution >= 4 is 6.03 Å². The first-order valence-corrected chi connectivity index (χ1v) is 8.67. The SMILES string of the molecule is Cc1ccc(C(CNC(=O)NCC(O)c2ccco2)N2CCCC2)o1. The van der Waals surface area contributed by atoms with E-state index < -0.39 is 6.10 Å². The minimum Gasteiger partial charge on any atom is -0.467 e. The van der Waals surface area contributed by atoms with E-state index in [-0.39, 0.29) is 18.6 Å². The van der Waals surface area contributed by atoms with Gasteiger partial charge in [-0.1, -0.05) is 0 Å². The summed E-state index contributed by atoms with van der Waals surface area (Å²) >= 11 is 0. The number of likely N-dealkylation sites (tertiary alicyclic amines) is 1. The number of carbonyl (C=O) groups is 1. The van der Waals surface area contributed by atoms with Crippen LogP contribution in [0.2, 0.25) is 0 Å². The van der Waals surface area contributed by atoms with Crippen LogP contribution >= 0.6 is 0 Å². The molecule has 2 amide bonds. The van der Waals surface area contributed by atoms with Crippen molar-refractivity contribution in [3.8, 4) is 0 Å². The van der Waals surface area contributed by atoms with Crippen molar-refractivity contribution in [2.75, 3.05) is 26.2 Å². The second kappa shape index (κ2) is 8.22. The minimum atomic E-state index is -0.858. The first kappa shape index (κ1) is 17.6. The molecule has 7 nitrogen and oxygen atoms in total. The highest BCUT2D eigenvalue weighted by Crippen LogP contribution is 2.26. The summed E-state index contributed by atoms with van der Waals surface area (Å²) in [5.74, 6) is 2.17. The Hall–Kier alpha value is -2.25. The van der Waals surface area contributed by atoms with E-state index in [4.69, 9.17) is 8.83 Å². The van der Waals surface area contributed by atoms with Crippen LogP contribution in [0.15, 0.2) is 39.4 Å². The maximum atomic E-state index is 12.1. The quantitative estimate of drug-likeness (QED) is 0.715. The van der Waals surface area contributed by atoms with Crippen molar-refractivity contribution in [1.29, 1.82) is 0 Å². The monoisotopic (exact) mass is 347 g/mol. The van der Waals surface area contributed by atoms with Crippen LogP contribution in [0.25, 0.3) is 0 Å². The molecule has 3 rings (SSSR count). The van der Waals surface area contributed by atoms with Gasteiger partial charge in [-0.25, -0.2) is 4.79 Å². The molecule has 2 aromatic rings. The van der Waals surface area contributed by atoms with E-state index in [2.05, 4.69) is 15.5 Å². The Bertz CT molecular complexity index is 662. The fraction of sp³-hybridized carbons (Fsp3) is 0.500. The molecule has 7 heteroatoms. The zero-order valence-electron chi connectivity index (χ0n) is 14.4. The average molecular weight is 347 g/mol. The van der Waals surface area contributed by atoms with Crippen LogP contribution in [-0.4, -0.2) is 42.2 Å². The van der Waals surface area contributed by atoms with Gasteiger partial charge in [0.05, 0.1) is 18.8 Å². The first-order chi connectivity index (χ1) is 12.1. The van der Waals surface area contributed by atoms with Gasteiger partial charge in [-0.05, 0) is 57.1 Å². The van der Waals surface area contributed by atoms with E-state index in [0.29, 0.717) is 12.3 Å². The molecule has 1 aliphatic heterocycles. The third-order valence-corrected chi connectivity index (χ3v) is 4.45. The maximum absolute atomic E-state index is 12.1. The summed E-state index contributed by atoms with van der Waals surface area (Å²) in [7, 11) is 0. The number of aryl methyl sites for hydroxylation is 1. The van der Waals surface area contributed by atoms with Gasteiger partial charge in [0.2, 0.25) is 0 Å². The topological polar surface area (TPSA) is 90.9 Å². The molecule has 2 atom stereocenters. The number of urea groups is 1. The number of aliphatic hydroxyl groups is 1. The number of nitrogens with zero attached hydrogens (tertiary/aromatic N) is 1. The molecule has 0 radical (unpaired) electrons. The van der Waals surface area contributed by atoms with E-state index >= 15 is 0 Å². The van der Waals surface area contributed by atoms with Crippen molar-refractivity contribution in [2.24, 2.45) is 0 Å². The molecule has 0 saturated carbocycles. The smallest absolute Gasteiger partial charge is 0.314 e. The second-order valence-electron chi connectivity index (χ2n) is 6.33. The molecule has 0 aromatic carbocycles. The van der Waals surface area contributed by atoms with Crippen LogP contribution in [0.5, 0.6) is 0 Å². The molecule has 3 heterocycles. The molecule has 1 saturated heterocycles. The van der Waals surface area contributed by atoms with Gasteiger partial charge in [-0.2, -0.15) is 0 Å². The van der Waals surface area contributed by atoms with Crippen LogP contribution in [-0.2, 0) is 0 Å². The molecule has 0 aliphatic carbocycles. The Kier molecular flexibility index (Phi) is 5.78. The number of hydrogen-bond acceptors (Lipinski definition) is 5. The fourth-order valence-electron chi connectivity index (χ4n) is 3.12. The zero-order valence-corrected chi connectivity index (χ0v) is 14.4. The van der Waals surface area contributed by atoms with E-state index in [9.17, 15) is 9.90 Å². The van der Waals surface area contributed by atoms with Crippen molar-refractivity contribution in [3.63, 3.8) is 0 Å². The lowest BCUT2D eigenvalue weighted by Gasteiger charge is -2.26. The van der Waals surface area contributed by atoms with E-state index in [1.807, 2.05) is 19.1 Å². The fourth-order valence-corrected chi connectivity index (χ4v) is 3.12. The third kappa shape index (κ3) is 4.64. The Balaban J connectivity index is 1.51. The number of rotatable bonds is 7. The standard InChI is InChI=1S/C18H25N3O4/c1-13-6-7-16(25-13)14(21-8-2-3-9-21)11-19-18(23)20-12-15(22)17-5-4-10-24-17/h4-7,10,14-15,22H,2-3,8-9,11-12H2,1H3,(H2,19,20,23). The largest absolute Gasteiger partial charge is 0.467 e. The number of carbonyl (C=O) groups excluding carboxylic acids is 1. The average Bonchev–Trinajstić information content (AvgIpc) is 3.35. The lowest BCUT2D eigenvalue weighted by Crippen LogP contribution is -2.42. The molecule has 3 N–H and O–H groups in total. The lowest BCUT2D eigenvalue weighted by atomic mass is 10.2. The summed E-state index contributed by atoms with van der Waals surface area (Å²) in [6.07, 6.45) is 2.96. The summed E-state index contributed by atoms with van der Waals surface area (Å²) < 4.78 is 10.9.